The molecule has 5 heteroatoms. The van der Waals surface area contributed by atoms with Crippen molar-refractivity contribution in [1.82, 2.24) is 15.3 Å². The lowest BCUT2D eigenvalue weighted by Crippen LogP contribution is -2.10. The third-order valence-electron chi connectivity index (χ3n) is 1.83. The van der Waals surface area contributed by atoms with Crippen LogP contribution < -0.4 is 5.32 Å². The van der Waals surface area contributed by atoms with E-state index in [0.717, 1.165) is 29.4 Å². The van der Waals surface area contributed by atoms with Crippen LogP contribution in [0.25, 0.3) is 10.7 Å². The summed E-state index contributed by atoms with van der Waals surface area (Å²) in [5, 5.41) is 8.27. The molecule has 2 aromatic rings. The molecule has 0 fully saturated rings. The second-order valence-electron chi connectivity index (χ2n) is 2.87. The maximum absolute atomic E-state index is 4.51. The van der Waals surface area contributed by atoms with Gasteiger partial charge in [-0.1, -0.05) is 0 Å². The Kier molecular flexibility index (Phi) is 3.23. The van der Waals surface area contributed by atoms with Crippen LogP contribution in [0.4, 0.5) is 0 Å². The Hall–Kier alpha value is -0.780. The summed E-state index contributed by atoms with van der Waals surface area (Å²) in [6, 6.07) is 0. The molecule has 0 saturated heterocycles. The molecule has 0 aliphatic rings. The number of aromatic nitrogens is 2. The van der Waals surface area contributed by atoms with Crippen molar-refractivity contribution < 1.29 is 0 Å². The van der Waals surface area contributed by atoms with Gasteiger partial charge in [0.2, 0.25) is 0 Å². The molecule has 0 radical (unpaired) electrons. The van der Waals surface area contributed by atoms with Gasteiger partial charge in [0.1, 0.15) is 10.7 Å². The zero-order valence-corrected chi connectivity index (χ0v) is 9.49. The Labute approximate surface area is 90.9 Å². The van der Waals surface area contributed by atoms with E-state index in [2.05, 4.69) is 20.7 Å². The smallest absolute Gasteiger partial charge is 0.142 e. The first kappa shape index (κ1) is 9.76. The van der Waals surface area contributed by atoms with E-state index >= 15 is 0 Å². The fourth-order valence-electron chi connectivity index (χ4n) is 1.11. The predicted octanol–water partition coefficient (Wildman–Crippen LogP) is 2.03. The van der Waals surface area contributed by atoms with Crippen LogP contribution in [0.5, 0.6) is 0 Å². The minimum atomic E-state index is 0.972. The lowest BCUT2D eigenvalue weighted by molar-refractivity contribution is 0.780. The van der Waals surface area contributed by atoms with Crippen LogP contribution in [0.1, 0.15) is 5.69 Å². The molecule has 0 aromatic carbocycles. The largest absolute Gasteiger partial charge is 0.319 e. The van der Waals surface area contributed by atoms with Crippen LogP contribution in [0.15, 0.2) is 16.3 Å². The SMILES string of the molecule is CNCCc1csc(-c2cscn2)n1. The number of hydrogen-bond acceptors (Lipinski definition) is 5. The quantitative estimate of drug-likeness (QED) is 0.865. The summed E-state index contributed by atoms with van der Waals surface area (Å²) in [6.07, 6.45) is 0.983. The second kappa shape index (κ2) is 4.63. The average Bonchev–Trinajstić information content (AvgIpc) is 2.85. The molecule has 2 rings (SSSR count). The molecule has 0 unspecified atom stereocenters. The van der Waals surface area contributed by atoms with Crippen molar-refractivity contribution in [2.24, 2.45) is 0 Å². The van der Waals surface area contributed by atoms with E-state index in [9.17, 15) is 0 Å². The van der Waals surface area contributed by atoms with Crippen LogP contribution in [0.2, 0.25) is 0 Å². The van der Waals surface area contributed by atoms with Crippen molar-refractivity contribution in [1.29, 1.82) is 0 Å². The van der Waals surface area contributed by atoms with Crippen LogP contribution in [-0.2, 0) is 6.42 Å². The molecule has 74 valence electrons. The first-order valence-electron chi connectivity index (χ1n) is 4.37. The molecule has 0 aliphatic heterocycles. The molecular weight excluding hydrogens is 214 g/mol. The van der Waals surface area contributed by atoms with Crippen molar-refractivity contribution >= 4 is 22.7 Å². The molecule has 0 spiro atoms. The highest BCUT2D eigenvalue weighted by molar-refractivity contribution is 7.13. The van der Waals surface area contributed by atoms with Crippen molar-refractivity contribution in [3.8, 4) is 10.7 Å². The van der Waals surface area contributed by atoms with Gasteiger partial charge in [0.25, 0.3) is 0 Å². The third-order valence-corrected chi connectivity index (χ3v) is 3.33. The van der Waals surface area contributed by atoms with Crippen molar-refractivity contribution in [2.75, 3.05) is 13.6 Å². The van der Waals surface area contributed by atoms with Gasteiger partial charge >= 0.3 is 0 Å². The van der Waals surface area contributed by atoms with E-state index in [4.69, 9.17) is 0 Å². The monoisotopic (exact) mass is 225 g/mol. The van der Waals surface area contributed by atoms with E-state index < -0.39 is 0 Å². The Morgan fingerprint density at radius 3 is 3.07 bits per heavy atom. The highest BCUT2D eigenvalue weighted by Gasteiger charge is 2.05. The molecule has 2 aromatic heterocycles. The van der Waals surface area contributed by atoms with E-state index in [1.165, 1.54) is 0 Å². The summed E-state index contributed by atoms with van der Waals surface area (Å²) < 4.78 is 0. The molecule has 0 bridgehead atoms. The van der Waals surface area contributed by atoms with Gasteiger partial charge in [-0.15, -0.1) is 22.7 Å². The van der Waals surface area contributed by atoms with E-state index in [-0.39, 0.29) is 0 Å². The van der Waals surface area contributed by atoms with E-state index in [1.807, 2.05) is 17.9 Å². The maximum Gasteiger partial charge on any atom is 0.142 e. The molecular formula is C9H11N3S2. The van der Waals surface area contributed by atoms with Crippen LogP contribution in [0.3, 0.4) is 0 Å². The molecule has 0 saturated carbocycles. The third kappa shape index (κ3) is 2.17. The van der Waals surface area contributed by atoms with Gasteiger partial charge in [0, 0.05) is 23.7 Å². The zero-order chi connectivity index (χ0) is 9.80. The van der Waals surface area contributed by atoms with Gasteiger partial charge < -0.3 is 5.32 Å². The van der Waals surface area contributed by atoms with Gasteiger partial charge in [-0.25, -0.2) is 9.97 Å². The van der Waals surface area contributed by atoms with Gasteiger partial charge in [-0.2, -0.15) is 0 Å². The summed E-state index contributed by atoms with van der Waals surface area (Å²) in [7, 11) is 1.95. The molecule has 0 amide bonds. The summed E-state index contributed by atoms with van der Waals surface area (Å²) >= 11 is 3.27. The van der Waals surface area contributed by atoms with Crippen LogP contribution in [-0.4, -0.2) is 23.6 Å². The lowest BCUT2D eigenvalue weighted by atomic mass is 10.3. The number of thiazole rings is 2. The highest BCUT2D eigenvalue weighted by atomic mass is 32.1. The maximum atomic E-state index is 4.51. The molecule has 1 N–H and O–H groups in total. The molecule has 0 aliphatic carbocycles. The van der Waals surface area contributed by atoms with Gasteiger partial charge in [0.05, 0.1) is 11.2 Å². The highest BCUT2D eigenvalue weighted by Crippen LogP contribution is 2.23. The molecule has 14 heavy (non-hydrogen) atoms. The first-order chi connectivity index (χ1) is 6.90. The summed E-state index contributed by atoms with van der Waals surface area (Å²) in [4.78, 5) is 8.74. The van der Waals surface area contributed by atoms with Gasteiger partial charge in [-0.3, -0.25) is 0 Å². The summed E-state index contributed by atoms with van der Waals surface area (Å²) in [5.74, 6) is 0. The predicted molar refractivity (Wildman–Crippen MR) is 60.9 cm³/mol. The number of nitrogens with one attached hydrogen (secondary N) is 1. The number of hydrogen-bond donors (Lipinski definition) is 1. The Balaban J connectivity index is 2.10. The number of nitrogens with zero attached hydrogens (tertiary/aromatic N) is 2. The topological polar surface area (TPSA) is 37.8 Å². The van der Waals surface area contributed by atoms with Gasteiger partial charge in [0.15, 0.2) is 0 Å². The van der Waals surface area contributed by atoms with Gasteiger partial charge in [-0.05, 0) is 7.05 Å². The minimum Gasteiger partial charge on any atom is -0.319 e. The standard InChI is InChI=1S/C9H11N3S2/c1-10-3-2-7-4-14-9(12-7)8-5-13-6-11-8/h4-6,10H,2-3H2,1H3. The molecule has 3 nitrogen and oxygen atoms in total. The molecule has 0 atom stereocenters. The van der Waals surface area contributed by atoms with Crippen molar-refractivity contribution in [3.05, 3.63) is 22.0 Å². The average molecular weight is 225 g/mol. The van der Waals surface area contributed by atoms with E-state index in [1.54, 1.807) is 22.7 Å². The second-order valence-corrected chi connectivity index (χ2v) is 4.45. The normalized spacial score (nSPS) is 10.6. The van der Waals surface area contributed by atoms with Crippen molar-refractivity contribution in [3.63, 3.8) is 0 Å². The van der Waals surface area contributed by atoms with Crippen LogP contribution >= 0.6 is 22.7 Å². The number of likely N-dealkylation sites (N-methyl/N-ethyl adjacent to an activating group) is 1. The van der Waals surface area contributed by atoms with E-state index in [0.29, 0.717) is 0 Å². The van der Waals surface area contributed by atoms with Crippen molar-refractivity contribution in [2.45, 2.75) is 6.42 Å². The summed E-state index contributed by atoms with van der Waals surface area (Å²) in [5.41, 5.74) is 3.98. The fraction of sp³-hybridized carbons (Fsp3) is 0.333. The Morgan fingerprint density at radius 2 is 2.36 bits per heavy atom. The zero-order valence-electron chi connectivity index (χ0n) is 7.86. The van der Waals surface area contributed by atoms with Crippen LogP contribution in [0, 0.1) is 0 Å². The number of rotatable bonds is 4. The lowest BCUT2D eigenvalue weighted by Gasteiger charge is -1.93. The first-order valence-corrected chi connectivity index (χ1v) is 6.20. The summed E-state index contributed by atoms with van der Waals surface area (Å²) in [6.45, 7) is 0.972. The Morgan fingerprint density at radius 1 is 1.43 bits per heavy atom. The minimum absolute atomic E-state index is 0.972. The Bertz CT molecular complexity index is 380. The molecule has 2 heterocycles. The fourth-order valence-corrected chi connectivity index (χ4v) is 2.54.